The van der Waals surface area contributed by atoms with E-state index in [1.807, 2.05) is 86.6 Å². The van der Waals surface area contributed by atoms with Crippen molar-refractivity contribution in [3.05, 3.63) is 215 Å². The van der Waals surface area contributed by atoms with Gasteiger partial charge in [0, 0.05) is 45.4 Å². The largest absolute Gasteiger partial charge is 0.307 e. The van der Waals surface area contributed by atoms with Crippen molar-refractivity contribution in [2.45, 2.75) is 13.8 Å². The molecule has 64 heavy (non-hydrogen) atoms. The molecule has 0 saturated carbocycles. The maximum absolute atomic E-state index is 16.7. The number of rotatable bonds is 8. The Hall–Kier alpha value is -8.46. The Labute approximate surface area is 366 Å². The topological polar surface area (TPSA) is 54.1 Å². The van der Waals surface area contributed by atoms with Crippen molar-refractivity contribution in [2.24, 2.45) is 0 Å². The van der Waals surface area contributed by atoms with Gasteiger partial charge in [-0.05, 0) is 119 Å². The van der Waals surface area contributed by atoms with Crippen molar-refractivity contribution in [1.29, 1.82) is 10.5 Å². The van der Waals surface area contributed by atoms with Crippen LogP contribution < -0.4 is 9.80 Å². The Bertz CT molecular complexity index is 3280. The van der Waals surface area contributed by atoms with Crippen LogP contribution in [0.5, 0.6) is 0 Å². The minimum absolute atomic E-state index is 0.0348. The number of hydrogen-bond acceptors (Lipinski definition) is 4. The standard InChI is InChI=1S/C56H34F4N4/c1-33-3-11-37(12-4-33)45-27-49(59)53(29-47(45)57)63(41-19-7-35(31-61)8-20-41)51-25-17-39-16-24-44-52(26-18-40-15-23-43(51)55(39)56(40)44)64(42-21-9-36(32-62)10-22-42)54-30-48(58)46(28-50(54)60)38-13-5-34(2)6-14-38/h3-30H,1-2H3. The van der Waals surface area contributed by atoms with Crippen molar-refractivity contribution < 1.29 is 17.6 Å². The molecule has 0 saturated heterocycles. The molecule has 0 atom stereocenters. The molecule has 4 nitrogen and oxygen atoms in total. The Kier molecular flexibility index (Phi) is 9.78. The van der Waals surface area contributed by atoms with E-state index in [0.717, 1.165) is 32.7 Å². The summed E-state index contributed by atoms with van der Waals surface area (Å²) in [7, 11) is 0. The van der Waals surface area contributed by atoms with Crippen LogP contribution in [0.2, 0.25) is 0 Å². The zero-order valence-corrected chi connectivity index (χ0v) is 34.5. The Morgan fingerprint density at radius 2 is 0.734 bits per heavy atom. The first-order valence-electron chi connectivity index (χ1n) is 20.5. The fraction of sp³-hybridized carbons (Fsp3) is 0.0357. The summed E-state index contributed by atoms with van der Waals surface area (Å²) in [5.41, 5.74) is 6.12. The fourth-order valence-corrected chi connectivity index (χ4v) is 8.67. The molecule has 0 aliphatic carbocycles. The van der Waals surface area contributed by atoms with E-state index >= 15 is 17.6 Å². The maximum atomic E-state index is 16.7. The Morgan fingerprint density at radius 1 is 0.375 bits per heavy atom. The van der Waals surface area contributed by atoms with Gasteiger partial charge in [0.15, 0.2) is 0 Å². The van der Waals surface area contributed by atoms with Crippen LogP contribution >= 0.6 is 0 Å². The summed E-state index contributed by atoms with van der Waals surface area (Å²) in [5, 5.41) is 24.0. The average molecular weight is 839 g/mol. The van der Waals surface area contributed by atoms with Crippen molar-refractivity contribution in [2.75, 3.05) is 9.80 Å². The van der Waals surface area contributed by atoms with Crippen LogP contribution in [0.25, 0.3) is 54.6 Å². The summed E-state index contributed by atoms with van der Waals surface area (Å²) in [4.78, 5) is 3.31. The van der Waals surface area contributed by atoms with E-state index in [9.17, 15) is 10.5 Å². The van der Waals surface area contributed by atoms with E-state index in [0.29, 0.717) is 55.8 Å². The Morgan fingerprint density at radius 3 is 1.09 bits per heavy atom. The molecule has 0 unspecified atom stereocenters. The summed E-state index contributed by atoms with van der Waals surface area (Å²) in [6.07, 6.45) is 0. The van der Waals surface area contributed by atoms with Gasteiger partial charge in [-0.25, -0.2) is 17.6 Å². The molecule has 10 rings (SSSR count). The van der Waals surface area contributed by atoms with Gasteiger partial charge >= 0.3 is 0 Å². The first-order valence-corrected chi connectivity index (χ1v) is 20.5. The molecule has 0 bridgehead atoms. The van der Waals surface area contributed by atoms with E-state index in [1.54, 1.807) is 82.6 Å². The maximum Gasteiger partial charge on any atom is 0.148 e. The summed E-state index contributed by atoms with van der Waals surface area (Å²) < 4.78 is 66.0. The molecule has 0 radical (unpaired) electrons. The van der Waals surface area contributed by atoms with Gasteiger partial charge in [-0.1, -0.05) is 96.1 Å². The molecule has 8 heteroatoms. The Balaban J connectivity index is 1.19. The third-order valence-corrected chi connectivity index (χ3v) is 11.9. The first-order chi connectivity index (χ1) is 31.1. The van der Waals surface area contributed by atoms with Crippen molar-refractivity contribution in [3.63, 3.8) is 0 Å². The van der Waals surface area contributed by atoms with E-state index in [1.165, 1.54) is 24.3 Å². The number of nitriles is 2. The molecule has 306 valence electrons. The van der Waals surface area contributed by atoms with Gasteiger partial charge in [0.05, 0.1) is 46.0 Å². The molecule has 0 fully saturated rings. The zero-order valence-electron chi connectivity index (χ0n) is 34.5. The lowest BCUT2D eigenvalue weighted by atomic mass is 9.91. The number of aryl methyl sites for hydroxylation is 2. The summed E-state index contributed by atoms with van der Waals surface area (Å²) in [6, 6.07) is 52.2. The second kappa shape index (κ2) is 15.8. The predicted molar refractivity (Wildman–Crippen MR) is 249 cm³/mol. The summed E-state index contributed by atoms with van der Waals surface area (Å²) in [6.45, 7) is 3.85. The lowest BCUT2D eigenvalue weighted by molar-refractivity contribution is 0.604. The van der Waals surface area contributed by atoms with Crippen LogP contribution in [0.1, 0.15) is 22.3 Å². The van der Waals surface area contributed by atoms with Gasteiger partial charge in [-0.2, -0.15) is 10.5 Å². The van der Waals surface area contributed by atoms with Crippen LogP contribution in [0, 0.1) is 59.8 Å². The van der Waals surface area contributed by atoms with Crippen LogP contribution in [0.3, 0.4) is 0 Å². The third kappa shape index (κ3) is 6.79. The zero-order chi connectivity index (χ0) is 44.2. The highest BCUT2D eigenvalue weighted by molar-refractivity contribution is 6.28. The van der Waals surface area contributed by atoms with E-state index < -0.39 is 23.3 Å². The molecule has 0 aliphatic heterocycles. The van der Waals surface area contributed by atoms with Crippen LogP contribution in [-0.2, 0) is 0 Å². The molecule has 0 aromatic heterocycles. The average Bonchev–Trinajstić information content (AvgIpc) is 3.32. The van der Waals surface area contributed by atoms with Gasteiger partial charge < -0.3 is 9.80 Å². The number of nitrogens with zero attached hydrogens (tertiary/aromatic N) is 4. The quantitative estimate of drug-likeness (QED) is 0.113. The molecule has 0 N–H and O–H groups in total. The highest BCUT2D eigenvalue weighted by atomic mass is 19.1. The minimum Gasteiger partial charge on any atom is -0.307 e. The van der Waals surface area contributed by atoms with Crippen LogP contribution in [0.4, 0.5) is 51.7 Å². The molecular weight excluding hydrogens is 805 g/mol. The normalized spacial score (nSPS) is 11.2. The predicted octanol–water partition coefficient (Wildman–Crippen LogP) is 15.8. The van der Waals surface area contributed by atoms with Gasteiger partial charge in [-0.3, -0.25) is 0 Å². The lowest BCUT2D eigenvalue weighted by Gasteiger charge is -2.30. The highest BCUT2D eigenvalue weighted by Crippen LogP contribution is 2.49. The lowest BCUT2D eigenvalue weighted by Crippen LogP contribution is -2.14. The van der Waals surface area contributed by atoms with Gasteiger partial charge in [-0.15, -0.1) is 0 Å². The van der Waals surface area contributed by atoms with Gasteiger partial charge in [0.2, 0.25) is 0 Å². The molecule has 0 spiro atoms. The highest BCUT2D eigenvalue weighted by Gasteiger charge is 2.26. The fourth-order valence-electron chi connectivity index (χ4n) is 8.67. The van der Waals surface area contributed by atoms with Crippen LogP contribution in [-0.4, -0.2) is 0 Å². The van der Waals surface area contributed by atoms with E-state index in [-0.39, 0.29) is 22.5 Å². The molecule has 0 aliphatic rings. The molecule has 10 aromatic rings. The second-order valence-corrected chi connectivity index (χ2v) is 15.9. The first kappa shape index (κ1) is 39.7. The molecule has 0 amide bonds. The smallest absolute Gasteiger partial charge is 0.148 e. The van der Waals surface area contributed by atoms with E-state index in [4.69, 9.17) is 0 Å². The van der Waals surface area contributed by atoms with Gasteiger partial charge in [0.25, 0.3) is 0 Å². The van der Waals surface area contributed by atoms with Gasteiger partial charge in [0.1, 0.15) is 23.3 Å². The van der Waals surface area contributed by atoms with Crippen LogP contribution in [0.15, 0.2) is 170 Å². The molecule has 10 aromatic carbocycles. The summed E-state index contributed by atoms with van der Waals surface area (Å²) >= 11 is 0. The number of benzene rings is 10. The van der Waals surface area contributed by atoms with Crippen molar-refractivity contribution in [1.82, 2.24) is 0 Å². The molecular formula is C56H34F4N4. The number of hydrogen-bond donors (Lipinski definition) is 0. The van der Waals surface area contributed by atoms with Crippen molar-refractivity contribution >= 4 is 66.4 Å². The number of halogens is 4. The molecule has 0 heterocycles. The number of anilines is 6. The monoisotopic (exact) mass is 838 g/mol. The minimum atomic E-state index is -0.657. The third-order valence-electron chi connectivity index (χ3n) is 11.9. The van der Waals surface area contributed by atoms with E-state index in [2.05, 4.69) is 12.1 Å². The summed E-state index contributed by atoms with van der Waals surface area (Å²) in [5.74, 6) is -2.54. The SMILES string of the molecule is Cc1ccc(-c2cc(F)c(N(c3ccc(C#N)cc3)c3ccc4ccc5c(N(c6ccc(C#N)cc6)c6cc(F)c(-c7ccc(C)cc7)cc6F)ccc6ccc3c4c65)cc2F)cc1. The second-order valence-electron chi connectivity index (χ2n) is 15.9. The van der Waals surface area contributed by atoms with Crippen molar-refractivity contribution in [3.8, 4) is 34.4 Å².